The van der Waals surface area contributed by atoms with Crippen LogP contribution < -0.4 is 0 Å². The number of rotatable bonds is 2. The molecule has 158 valence electrons. The monoisotopic (exact) mass is 409 g/mol. The zero-order valence-corrected chi connectivity index (χ0v) is 17.9. The molecule has 8 nitrogen and oxygen atoms in total. The molecule has 0 spiro atoms. The molecule has 3 aliphatic rings. The molecule has 1 amide bonds. The Balaban J connectivity index is 1.70. The number of fused-ring (bicyclic) bond motifs is 6. The van der Waals surface area contributed by atoms with Gasteiger partial charge in [-0.05, 0) is 31.4 Å². The highest BCUT2D eigenvalue weighted by Gasteiger charge is 2.73. The molecule has 8 heteroatoms. The van der Waals surface area contributed by atoms with Crippen LogP contribution in [-0.2, 0) is 15.6 Å². The Morgan fingerprint density at radius 3 is 2.37 bits per heavy atom. The normalized spacial score (nSPS) is 29.9. The van der Waals surface area contributed by atoms with Gasteiger partial charge in [0, 0.05) is 43.7 Å². The number of piperazine rings is 1. The van der Waals surface area contributed by atoms with E-state index in [0.717, 1.165) is 37.3 Å². The smallest absolute Gasteiger partial charge is 0.271 e. The van der Waals surface area contributed by atoms with E-state index in [1.165, 1.54) is 12.1 Å². The Kier molecular flexibility index (Phi) is 3.85. The lowest BCUT2D eigenvalue weighted by Gasteiger charge is -2.44. The summed E-state index contributed by atoms with van der Waals surface area (Å²) >= 11 is 0. The number of hydrogen-bond acceptors (Lipinski definition) is 6. The van der Waals surface area contributed by atoms with Crippen LogP contribution in [0.3, 0.4) is 0 Å². The highest BCUT2D eigenvalue weighted by Crippen LogP contribution is 2.70. The van der Waals surface area contributed by atoms with Crippen LogP contribution in [0.15, 0.2) is 18.2 Å². The van der Waals surface area contributed by atoms with E-state index in [4.69, 9.17) is 9.97 Å². The summed E-state index contributed by atoms with van der Waals surface area (Å²) in [6.07, 6.45) is 1.63. The molecule has 2 aliphatic carbocycles. The van der Waals surface area contributed by atoms with E-state index in [-0.39, 0.29) is 22.4 Å². The van der Waals surface area contributed by atoms with Crippen molar-refractivity contribution in [2.24, 2.45) is 5.41 Å². The van der Waals surface area contributed by atoms with Crippen LogP contribution in [0.5, 0.6) is 0 Å². The Morgan fingerprint density at radius 2 is 1.70 bits per heavy atom. The van der Waals surface area contributed by atoms with Crippen LogP contribution in [0.25, 0.3) is 11.0 Å². The second-order valence-electron chi connectivity index (χ2n) is 9.81. The fraction of sp³-hybridized carbons (Fsp3) is 0.591. The molecule has 2 fully saturated rings. The SMILES string of the molecule is CN1CCN(C(=O)C23CCC(C)(c4nc5ccc([N+](=O)[O-])cc5nc42)C3(C)C)CC1. The molecule has 30 heavy (non-hydrogen) atoms. The first-order valence-electron chi connectivity index (χ1n) is 10.6. The van der Waals surface area contributed by atoms with Crippen LogP contribution in [-0.4, -0.2) is 63.8 Å². The fourth-order valence-corrected chi connectivity index (χ4v) is 5.96. The standard InChI is InChI=1S/C22H27N5O3/c1-20(2)21(3)7-8-22(20,19(28)26-11-9-25(4)10-12-26)18-17(21)23-15-6-5-14(27(29)30)13-16(15)24-18/h5-6,13H,7-12H2,1-4H3. The van der Waals surface area contributed by atoms with E-state index in [0.29, 0.717) is 24.1 Å². The van der Waals surface area contributed by atoms with Gasteiger partial charge >= 0.3 is 0 Å². The summed E-state index contributed by atoms with van der Waals surface area (Å²) in [7, 11) is 2.08. The van der Waals surface area contributed by atoms with Gasteiger partial charge in [0.05, 0.1) is 32.8 Å². The predicted octanol–water partition coefficient (Wildman–Crippen LogP) is 2.64. The Hall–Kier alpha value is -2.61. The summed E-state index contributed by atoms with van der Waals surface area (Å²) in [6.45, 7) is 9.69. The zero-order valence-electron chi connectivity index (χ0n) is 17.9. The topological polar surface area (TPSA) is 92.5 Å². The van der Waals surface area contributed by atoms with Gasteiger partial charge < -0.3 is 9.80 Å². The molecule has 2 aromatic rings. The summed E-state index contributed by atoms with van der Waals surface area (Å²) in [5.41, 5.74) is 1.41. The van der Waals surface area contributed by atoms with E-state index in [2.05, 4.69) is 32.7 Å². The number of carbonyl (C=O) groups is 1. The van der Waals surface area contributed by atoms with Gasteiger partial charge in [0.15, 0.2) is 0 Å². The minimum absolute atomic E-state index is 0.00942. The number of nitro benzene ring substituents is 1. The van der Waals surface area contributed by atoms with E-state index in [1.807, 2.05) is 4.90 Å². The van der Waals surface area contributed by atoms with Crippen LogP contribution in [0, 0.1) is 15.5 Å². The third-order valence-electron chi connectivity index (χ3n) is 8.39. The molecule has 5 rings (SSSR count). The van der Waals surface area contributed by atoms with Gasteiger partial charge in [-0.2, -0.15) is 0 Å². The third kappa shape index (κ3) is 2.17. The largest absolute Gasteiger partial charge is 0.339 e. The van der Waals surface area contributed by atoms with Crippen molar-refractivity contribution in [3.05, 3.63) is 39.7 Å². The van der Waals surface area contributed by atoms with Gasteiger partial charge in [-0.25, -0.2) is 9.97 Å². The zero-order chi connectivity index (χ0) is 21.5. The number of nitrogens with zero attached hydrogens (tertiary/aromatic N) is 5. The van der Waals surface area contributed by atoms with Gasteiger partial charge in [0.1, 0.15) is 0 Å². The number of likely N-dealkylation sites (N-methyl/N-ethyl adjacent to an activating group) is 1. The van der Waals surface area contributed by atoms with E-state index in [9.17, 15) is 14.9 Å². The average molecular weight is 409 g/mol. The minimum Gasteiger partial charge on any atom is -0.339 e. The molecule has 2 unspecified atom stereocenters. The molecule has 1 aromatic carbocycles. The van der Waals surface area contributed by atoms with E-state index >= 15 is 0 Å². The van der Waals surface area contributed by atoms with Crippen molar-refractivity contribution in [3.63, 3.8) is 0 Å². The molecule has 1 saturated heterocycles. The maximum atomic E-state index is 14.0. The van der Waals surface area contributed by atoms with Gasteiger partial charge in [0.25, 0.3) is 5.69 Å². The number of benzene rings is 1. The molecule has 0 N–H and O–H groups in total. The van der Waals surface area contributed by atoms with E-state index < -0.39 is 10.3 Å². The summed E-state index contributed by atoms with van der Waals surface area (Å²) < 4.78 is 0. The molecular weight excluding hydrogens is 382 g/mol. The maximum Gasteiger partial charge on any atom is 0.271 e. The summed E-state index contributed by atoms with van der Waals surface area (Å²) in [4.78, 5) is 38.9. The Morgan fingerprint density at radius 1 is 1.03 bits per heavy atom. The van der Waals surface area contributed by atoms with Crippen molar-refractivity contribution in [1.82, 2.24) is 19.8 Å². The molecule has 2 atom stereocenters. The summed E-state index contributed by atoms with van der Waals surface area (Å²) in [5.74, 6) is 0.141. The van der Waals surface area contributed by atoms with Crippen molar-refractivity contribution >= 4 is 22.6 Å². The number of hydrogen-bond donors (Lipinski definition) is 0. The fourth-order valence-electron chi connectivity index (χ4n) is 5.96. The molecule has 2 bridgehead atoms. The van der Waals surface area contributed by atoms with Crippen molar-refractivity contribution < 1.29 is 9.72 Å². The lowest BCUT2D eigenvalue weighted by atomic mass is 9.63. The second kappa shape index (κ2) is 5.97. The van der Waals surface area contributed by atoms with Gasteiger partial charge in [-0.1, -0.05) is 20.8 Å². The third-order valence-corrected chi connectivity index (χ3v) is 8.39. The maximum absolute atomic E-state index is 14.0. The second-order valence-corrected chi connectivity index (χ2v) is 9.81. The molecule has 1 saturated carbocycles. The first kappa shape index (κ1) is 19.4. The number of amides is 1. The van der Waals surface area contributed by atoms with Crippen LogP contribution in [0.1, 0.15) is 45.0 Å². The first-order valence-corrected chi connectivity index (χ1v) is 10.6. The van der Waals surface area contributed by atoms with Crippen molar-refractivity contribution in [2.75, 3.05) is 33.2 Å². The minimum atomic E-state index is -0.737. The summed E-state index contributed by atoms with van der Waals surface area (Å²) in [5, 5.41) is 11.3. The number of carbonyl (C=O) groups excluding carboxylic acids is 1. The number of aromatic nitrogens is 2. The van der Waals surface area contributed by atoms with Gasteiger partial charge in [-0.3, -0.25) is 14.9 Å². The molecule has 2 heterocycles. The average Bonchev–Trinajstić information content (AvgIpc) is 3.01. The predicted molar refractivity (Wildman–Crippen MR) is 112 cm³/mol. The molecule has 0 radical (unpaired) electrons. The van der Waals surface area contributed by atoms with Gasteiger partial charge in [0.2, 0.25) is 5.91 Å². The first-order chi connectivity index (χ1) is 14.1. The Labute approximate surface area is 175 Å². The van der Waals surface area contributed by atoms with Crippen LogP contribution in [0.2, 0.25) is 0 Å². The number of non-ortho nitro benzene ring substituents is 1. The van der Waals surface area contributed by atoms with Crippen molar-refractivity contribution in [2.45, 2.75) is 44.4 Å². The number of nitro groups is 1. The lowest BCUT2D eigenvalue weighted by molar-refractivity contribution is -0.384. The highest BCUT2D eigenvalue weighted by atomic mass is 16.6. The lowest BCUT2D eigenvalue weighted by Crippen LogP contribution is -2.57. The quantitative estimate of drug-likeness (QED) is 0.559. The van der Waals surface area contributed by atoms with Crippen LogP contribution in [0.4, 0.5) is 5.69 Å². The summed E-state index contributed by atoms with van der Waals surface area (Å²) in [6, 6.07) is 4.60. The molecular formula is C22H27N5O3. The van der Waals surface area contributed by atoms with Crippen LogP contribution >= 0.6 is 0 Å². The molecule has 1 aliphatic heterocycles. The van der Waals surface area contributed by atoms with Gasteiger partial charge in [-0.15, -0.1) is 0 Å². The Bertz CT molecular complexity index is 1090. The highest BCUT2D eigenvalue weighted by molar-refractivity contribution is 5.93. The van der Waals surface area contributed by atoms with Crippen molar-refractivity contribution in [1.29, 1.82) is 0 Å². The molecule has 1 aromatic heterocycles. The van der Waals surface area contributed by atoms with Crippen molar-refractivity contribution in [3.8, 4) is 0 Å². The van der Waals surface area contributed by atoms with E-state index in [1.54, 1.807) is 6.07 Å².